The number of nitrogens with zero attached hydrogens (tertiary/aromatic N) is 4. The van der Waals surface area contributed by atoms with Crippen molar-refractivity contribution in [1.82, 2.24) is 30.2 Å². The number of fused-ring (bicyclic) bond motifs is 1. The zero-order valence-corrected chi connectivity index (χ0v) is 14.7. The lowest BCUT2D eigenvalue weighted by Gasteiger charge is -2.11. The molecule has 0 aliphatic carbocycles. The first kappa shape index (κ1) is 20.6. The normalized spacial score (nSPS) is 11.5. The third-order valence-electron chi connectivity index (χ3n) is 2.94. The summed E-state index contributed by atoms with van der Waals surface area (Å²) in [7, 11) is 0. The fourth-order valence-electron chi connectivity index (χ4n) is 2.01. The highest BCUT2D eigenvalue weighted by Gasteiger charge is 2.15. The van der Waals surface area contributed by atoms with Crippen LogP contribution >= 0.6 is 24.8 Å². The average Bonchev–Trinajstić information content (AvgIpc) is 2.80. The van der Waals surface area contributed by atoms with Gasteiger partial charge < -0.3 is 10.6 Å². The predicted octanol–water partition coefficient (Wildman–Crippen LogP) is 1.31. The molecule has 1 atom stereocenters. The van der Waals surface area contributed by atoms with Gasteiger partial charge in [-0.15, -0.1) is 29.9 Å². The van der Waals surface area contributed by atoms with Crippen LogP contribution in [0.15, 0.2) is 6.07 Å². The minimum Gasteiger partial charge on any atom is -0.348 e. The monoisotopic (exact) mass is 348 g/mol. The molecule has 124 valence electrons. The lowest BCUT2D eigenvalue weighted by Crippen LogP contribution is -2.39. The van der Waals surface area contributed by atoms with Gasteiger partial charge in [-0.25, -0.2) is 9.50 Å². The van der Waals surface area contributed by atoms with E-state index in [-0.39, 0.29) is 42.6 Å². The molecule has 0 unspecified atom stereocenters. The first-order valence-electron chi connectivity index (χ1n) is 6.74. The van der Waals surface area contributed by atoms with Gasteiger partial charge in [0.1, 0.15) is 0 Å². The average molecular weight is 349 g/mol. The predicted molar refractivity (Wildman–Crippen MR) is 90.2 cm³/mol. The van der Waals surface area contributed by atoms with Gasteiger partial charge in [-0.05, 0) is 33.4 Å². The standard InChI is InChI=1S/C13H20N6O.2ClH/c1-5-14-9(3)7-15-12(20)11-17-13-16-8(2)6-10(4)19(13)18-11;;/h6,9,14H,5,7H2,1-4H3,(H,15,20);2*1H/t9-;;/m1../s1. The number of carbonyl (C=O) groups excluding carboxylic acids is 1. The number of aromatic nitrogens is 4. The summed E-state index contributed by atoms with van der Waals surface area (Å²) in [5, 5.41) is 10.2. The molecule has 0 radical (unpaired) electrons. The molecule has 0 spiro atoms. The van der Waals surface area contributed by atoms with Crippen LogP contribution in [-0.4, -0.2) is 44.6 Å². The smallest absolute Gasteiger partial charge is 0.291 e. The number of amides is 1. The lowest BCUT2D eigenvalue weighted by atomic mass is 10.3. The molecule has 0 saturated carbocycles. The van der Waals surface area contributed by atoms with Crippen LogP contribution in [0.4, 0.5) is 0 Å². The van der Waals surface area contributed by atoms with Gasteiger partial charge in [0, 0.05) is 24.0 Å². The van der Waals surface area contributed by atoms with Gasteiger partial charge in [0.15, 0.2) is 0 Å². The van der Waals surface area contributed by atoms with Crippen molar-refractivity contribution in [3.8, 4) is 0 Å². The minimum absolute atomic E-state index is 0. The van der Waals surface area contributed by atoms with E-state index >= 15 is 0 Å². The topological polar surface area (TPSA) is 84.2 Å². The highest BCUT2D eigenvalue weighted by molar-refractivity contribution is 5.90. The Hall–Kier alpha value is -1.44. The van der Waals surface area contributed by atoms with E-state index in [9.17, 15) is 4.79 Å². The Kier molecular flexibility index (Phi) is 8.29. The molecular weight excluding hydrogens is 327 g/mol. The van der Waals surface area contributed by atoms with E-state index in [1.165, 1.54) is 0 Å². The maximum atomic E-state index is 12.0. The van der Waals surface area contributed by atoms with E-state index in [4.69, 9.17) is 0 Å². The molecular formula is C13H22Cl2N6O. The van der Waals surface area contributed by atoms with Crippen molar-refractivity contribution in [3.05, 3.63) is 23.3 Å². The Labute approximate surface area is 142 Å². The van der Waals surface area contributed by atoms with Gasteiger partial charge in [0.2, 0.25) is 5.82 Å². The number of carbonyl (C=O) groups is 1. The maximum absolute atomic E-state index is 12.0. The zero-order chi connectivity index (χ0) is 14.7. The molecule has 22 heavy (non-hydrogen) atoms. The van der Waals surface area contributed by atoms with Crippen LogP contribution in [0.3, 0.4) is 0 Å². The van der Waals surface area contributed by atoms with Crippen molar-refractivity contribution >= 4 is 36.5 Å². The van der Waals surface area contributed by atoms with E-state index in [1.807, 2.05) is 33.8 Å². The van der Waals surface area contributed by atoms with E-state index in [0.29, 0.717) is 12.3 Å². The first-order chi connectivity index (χ1) is 9.51. The van der Waals surface area contributed by atoms with Gasteiger partial charge in [-0.3, -0.25) is 4.79 Å². The summed E-state index contributed by atoms with van der Waals surface area (Å²) >= 11 is 0. The number of likely N-dealkylation sites (N-methyl/N-ethyl adjacent to an activating group) is 1. The molecule has 2 rings (SSSR count). The second-order valence-electron chi connectivity index (χ2n) is 4.85. The summed E-state index contributed by atoms with van der Waals surface area (Å²) in [4.78, 5) is 20.4. The quantitative estimate of drug-likeness (QED) is 0.850. The fraction of sp³-hybridized carbons (Fsp3) is 0.538. The van der Waals surface area contributed by atoms with Crippen LogP contribution < -0.4 is 10.6 Å². The highest BCUT2D eigenvalue weighted by Crippen LogP contribution is 2.05. The summed E-state index contributed by atoms with van der Waals surface area (Å²) in [6.45, 7) is 9.24. The maximum Gasteiger partial charge on any atom is 0.291 e. The molecule has 0 fully saturated rings. The molecule has 7 nitrogen and oxygen atoms in total. The summed E-state index contributed by atoms with van der Waals surface area (Å²) < 4.78 is 1.58. The van der Waals surface area contributed by atoms with E-state index in [1.54, 1.807) is 4.52 Å². The van der Waals surface area contributed by atoms with E-state index < -0.39 is 0 Å². The second kappa shape index (κ2) is 8.87. The lowest BCUT2D eigenvalue weighted by molar-refractivity contribution is 0.0940. The molecule has 0 aliphatic rings. The Bertz CT molecular complexity index is 630. The number of hydrogen-bond acceptors (Lipinski definition) is 5. The van der Waals surface area contributed by atoms with Crippen LogP contribution in [0, 0.1) is 13.8 Å². The van der Waals surface area contributed by atoms with Gasteiger partial charge in [-0.2, -0.15) is 4.98 Å². The molecule has 0 saturated heterocycles. The Morgan fingerprint density at radius 2 is 2.00 bits per heavy atom. The molecule has 2 aromatic heterocycles. The highest BCUT2D eigenvalue weighted by atomic mass is 35.5. The first-order valence-corrected chi connectivity index (χ1v) is 6.74. The summed E-state index contributed by atoms with van der Waals surface area (Å²) in [6.07, 6.45) is 0. The fourth-order valence-corrected chi connectivity index (χ4v) is 2.01. The Balaban J connectivity index is 0.00000220. The van der Waals surface area contributed by atoms with Crippen molar-refractivity contribution in [3.63, 3.8) is 0 Å². The molecule has 2 heterocycles. The van der Waals surface area contributed by atoms with Gasteiger partial charge in [0.25, 0.3) is 11.7 Å². The molecule has 2 aromatic rings. The van der Waals surface area contributed by atoms with Gasteiger partial charge >= 0.3 is 0 Å². The van der Waals surface area contributed by atoms with Crippen LogP contribution in [0.1, 0.15) is 35.9 Å². The SMILES string of the molecule is CCN[C@H](C)CNC(=O)c1nc2nc(C)cc(C)n2n1.Cl.Cl. The van der Waals surface area contributed by atoms with Crippen molar-refractivity contribution in [2.45, 2.75) is 33.7 Å². The van der Waals surface area contributed by atoms with E-state index in [0.717, 1.165) is 17.9 Å². The summed E-state index contributed by atoms with van der Waals surface area (Å²) in [5.41, 5.74) is 1.76. The summed E-state index contributed by atoms with van der Waals surface area (Å²) in [5.74, 6) is 0.319. The van der Waals surface area contributed by atoms with Crippen molar-refractivity contribution in [1.29, 1.82) is 0 Å². The van der Waals surface area contributed by atoms with E-state index in [2.05, 4.69) is 25.7 Å². The molecule has 0 bridgehead atoms. The van der Waals surface area contributed by atoms with Gasteiger partial charge in [-0.1, -0.05) is 6.92 Å². The number of aryl methyl sites for hydroxylation is 2. The number of rotatable bonds is 5. The summed E-state index contributed by atoms with van der Waals surface area (Å²) in [6, 6.07) is 2.11. The molecule has 2 N–H and O–H groups in total. The van der Waals surface area contributed by atoms with Crippen molar-refractivity contribution in [2.75, 3.05) is 13.1 Å². The van der Waals surface area contributed by atoms with Crippen LogP contribution in [0.25, 0.3) is 5.78 Å². The molecule has 0 aliphatic heterocycles. The number of nitrogens with one attached hydrogen (secondary N) is 2. The van der Waals surface area contributed by atoms with Crippen LogP contribution in [-0.2, 0) is 0 Å². The molecule has 0 aromatic carbocycles. The zero-order valence-electron chi connectivity index (χ0n) is 13.1. The second-order valence-corrected chi connectivity index (χ2v) is 4.85. The largest absolute Gasteiger partial charge is 0.348 e. The van der Waals surface area contributed by atoms with Crippen LogP contribution in [0.5, 0.6) is 0 Å². The number of hydrogen-bond donors (Lipinski definition) is 2. The van der Waals surface area contributed by atoms with Crippen LogP contribution in [0.2, 0.25) is 0 Å². The Morgan fingerprint density at radius 1 is 1.32 bits per heavy atom. The third kappa shape index (κ3) is 4.79. The number of halogens is 2. The molecule has 9 heteroatoms. The third-order valence-corrected chi connectivity index (χ3v) is 2.94. The van der Waals surface area contributed by atoms with Crippen molar-refractivity contribution in [2.24, 2.45) is 0 Å². The van der Waals surface area contributed by atoms with Crippen molar-refractivity contribution < 1.29 is 4.79 Å². The minimum atomic E-state index is -0.280. The Morgan fingerprint density at radius 3 is 2.64 bits per heavy atom. The van der Waals surface area contributed by atoms with Gasteiger partial charge in [0.05, 0.1) is 0 Å². The molecule has 1 amide bonds.